The Bertz CT molecular complexity index is 655. The summed E-state index contributed by atoms with van der Waals surface area (Å²) in [4.78, 5) is 10.7. The number of hydrogen-bond donors (Lipinski definition) is 0. The molecule has 108 valence electrons. The average molecular weight is 282 g/mol. The molecular weight excluding hydrogens is 264 g/mol. The van der Waals surface area contributed by atoms with E-state index in [-0.39, 0.29) is 0 Å². The van der Waals surface area contributed by atoms with E-state index >= 15 is 0 Å². The largest absolute Gasteiger partial charge is 0.300 e. The predicted octanol–water partition coefficient (Wildman–Crippen LogP) is 3.23. The van der Waals surface area contributed by atoms with Crippen LogP contribution >= 0.6 is 0 Å². The van der Waals surface area contributed by atoms with Gasteiger partial charge in [-0.15, -0.1) is 0 Å². The third-order valence-corrected chi connectivity index (χ3v) is 5.13. The number of hydrogen-bond acceptors (Lipinski definition) is 3. The molecule has 2 aromatic rings. The van der Waals surface area contributed by atoms with E-state index in [1.165, 1.54) is 30.9 Å². The minimum absolute atomic E-state index is 0.447. The van der Waals surface area contributed by atoms with Crippen LogP contribution < -0.4 is 0 Å². The highest BCUT2D eigenvalue weighted by Gasteiger charge is 2.44. The predicted molar refractivity (Wildman–Crippen MR) is 79.4 cm³/mol. The van der Waals surface area contributed by atoms with Crippen molar-refractivity contribution in [3.63, 3.8) is 0 Å². The van der Waals surface area contributed by atoms with Crippen LogP contribution in [0.25, 0.3) is 11.1 Å². The molecule has 2 aliphatic heterocycles. The molecule has 0 radical (unpaired) electrons. The van der Waals surface area contributed by atoms with E-state index in [1.807, 2.05) is 12.4 Å². The van der Waals surface area contributed by atoms with Gasteiger partial charge in [0.1, 0.15) is 0 Å². The Balaban J connectivity index is 1.66. The first-order valence-electron chi connectivity index (χ1n) is 7.51. The Morgan fingerprint density at radius 1 is 1.14 bits per heavy atom. The second-order valence-electron chi connectivity index (χ2n) is 6.18. The number of pyridine rings is 2. The quantitative estimate of drug-likeness (QED) is 0.792. The lowest BCUT2D eigenvalue weighted by Gasteiger charge is -2.22. The number of halogens is 1. The molecular formula is C17H18FN3. The number of likely N-dealkylation sites (N-methyl/N-ethyl adjacent to an activating group) is 1. The maximum absolute atomic E-state index is 12.9. The Kier molecular flexibility index (Phi) is 3.00. The standard InChI is InChI=1S/C17H18FN3/c1-21-14-3-4-16(21)15(7-14)13-6-12(8-19-9-13)11-2-5-17(18)20-10-11/h2,5-6,8-10,14-16H,3-4,7H2,1H3/i18-1. The van der Waals surface area contributed by atoms with Crippen molar-refractivity contribution in [2.75, 3.05) is 7.05 Å². The Labute approximate surface area is 123 Å². The minimum atomic E-state index is -0.447. The molecule has 4 rings (SSSR count). The topological polar surface area (TPSA) is 29.0 Å². The number of rotatable bonds is 2. The third kappa shape index (κ3) is 2.14. The molecule has 2 aliphatic rings. The van der Waals surface area contributed by atoms with Crippen LogP contribution in [0.2, 0.25) is 0 Å². The molecule has 0 saturated carbocycles. The summed E-state index contributed by atoms with van der Waals surface area (Å²) in [5.74, 6) is 0.132. The number of nitrogens with zero attached hydrogens (tertiary/aromatic N) is 3. The summed E-state index contributed by atoms with van der Waals surface area (Å²) in [7, 11) is 2.24. The zero-order valence-corrected chi connectivity index (χ0v) is 12.0. The smallest absolute Gasteiger partial charge is 0.212 e. The van der Waals surface area contributed by atoms with Gasteiger partial charge in [0.15, 0.2) is 0 Å². The van der Waals surface area contributed by atoms with Crippen LogP contribution in [-0.4, -0.2) is 34.0 Å². The van der Waals surface area contributed by atoms with E-state index in [0.29, 0.717) is 12.0 Å². The number of fused-ring (bicyclic) bond motifs is 2. The summed E-state index contributed by atoms with van der Waals surface area (Å²) in [6, 6.07) is 6.74. The van der Waals surface area contributed by atoms with Crippen molar-refractivity contribution in [3.8, 4) is 11.1 Å². The zero-order valence-electron chi connectivity index (χ0n) is 12.0. The highest BCUT2D eigenvalue weighted by Crippen LogP contribution is 2.45. The van der Waals surface area contributed by atoms with Crippen LogP contribution in [0.5, 0.6) is 0 Å². The van der Waals surface area contributed by atoms with Gasteiger partial charge >= 0.3 is 0 Å². The normalized spacial score (nSPS) is 28.2. The lowest BCUT2D eigenvalue weighted by atomic mass is 9.84. The first-order chi connectivity index (χ1) is 10.2. The molecule has 3 atom stereocenters. The maximum Gasteiger partial charge on any atom is 0.212 e. The molecule has 3 unspecified atom stereocenters. The molecule has 21 heavy (non-hydrogen) atoms. The van der Waals surface area contributed by atoms with Crippen LogP contribution in [0.3, 0.4) is 0 Å². The van der Waals surface area contributed by atoms with Crippen molar-refractivity contribution in [2.45, 2.75) is 37.3 Å². The monoisotopic (exact) mass is 282 g/mol. The highest BCUT2D eigenvalue weighted by atomic mass is 18.2. The highest BCUT2D eigenvalue weighted by molar-refractivity contribution is 5.62. The van der Waals surface area contributed by atoms with Gasteiger partial charge in [0, 0.05) is 47.7 Å². The molecule has 0 aliphatic carbocycles. The summed E-state index contributed by atoms with van der Waals surface area (Å²) in [5, 5.41) is 0. The molecule has 0 aromatic carbocycles. The summed E-state index contributed by atoms with van der Waals surface area (Å²) >= 11 is 0. The summed E-state index contributed by atoms with van der Waals surface area (Å²) in [6.07, 6.45) is 9.23. The van der Waals surface area contributed by atoms with Crippen LogP contribution in [0, 0.1) is 5.95 Å². The maximum atomic E-state index is 12.9. The molecule has 4 heteroatoms. The zero-order chi connectivity index (χ0) is 14.4. The molecule has 2 fully saturated rings. The van der Waals surface area contributed by atoms with Crippen LogP contribution in [0.15, 0.2) is 36.8 Å². The summed E-state index contributed by atoms with van der Waals surface area (Å²) < 4.78 is 12.9. The first-order valence-corrected chi connectivity index (χ1v) is 7.51. The SMILES string of the molecule is CN1C2CCC1C(c1cncc(-c3ccc([18F])nc3)c1)C2. The molecule has 2 saturated heterocycles. The van der Waals surface area contributed by atoms with E-state index in [4.69, 9.17) is 0 Å². The van der Waals surface area contributed by atoms with Gasteiger partial charge in [-0.3, -0.25) is 9.88 Å². The van der Waals surface area contributed by atoms with Gasteiger partial charge in [0.25, 0.3) is 0 Å². The molecule has 0 N–H and O–H groups in total. The van der Waals surface area contributed by atoms with Crippen molar-refractivity contribution in [1.29, 1.82) is 0 Å². The van der Waals surface area contributed by atoms with Crippen molar-refractivity contribution in [3.05, 3.63) is 48.3 Å². The van der Waals surface area contributed by atoms with Gasteiger partial charge in [-0.05, 0) is 50.1 Å². The van der Waals surface area contributed by atoms with E-state index in [1.54, 1.807) is 12.3 Å². The lowest BCUT2D eigenvalue weighted by Crippen LogP contribution is -2.25. The van der Waals surface area contributed by atoms with Gasteiger partial charge in [0.05, 0.1) is 0 Å². The Morgan fingerprint density at radius 3 is 2.71 bits per heavy atom. The number of aromatic nitrogens is 2. The van der Waals surface area contributed by atoms with Crippen LogP contribution in [0.1, 0.15) is 30.7 Å². The molecule has 2 bridgehead atoms. The van der Waals surface area contributed by atoms with Gasteiger partial charge in [-0.1, -0.05) is 0 Å². The first kappa shape index (κ1) is 12.9. The van der Waals surface area contributed by atoms with Gasteiger partial charge in [-0.25, -0.2) is 4.98 Å². The Hall–Kier alpha value is -1.81. The van der Waals surface area contributed by atoms with Crippen LogP contribution in [-0.2, 0) is 0 Å². The molecule has 3 nitrogen and oxygen atoms in total. The van der Waals surface area contributed by atoms with Crippen molar-refractivity contribution in [2.24, 2.45) is 0 Å². The minimum Gasteiger partial charge on any atom is -0.300 e. The molecule has 0 amide bonds. The van der Waals surface area contributed by atoms with E-state index in [9.17, 15) is 4.39 Å². The fourth-order valence-corrected chi connectivity index (χ4v) is 3.98. The molecule has 2 aromatic heterocycles. The van der Waals surface area contributed by atoms with Gasteiger partial charge in [0.2, 0.25) is 5.95 Å². The van der Waals surface area contributed by atoms with Crippen molar-refractivity contribution < 1.29 is 4.39 Å². The van der Waals surface area contributed by atoms with Crippen molar-refractivity contribution >= 4 is 0 Å². The van der Waals surface area contributed by atoms with E-state index < -0.39 is 5.95 Å². The average Bonchev–Trinajstić information content (AvgIpc) is 3.03. The molecule has 0 spiro atoms. The summed E-state index contributed by atoms with van der Waals surface area (Å²) in [6.45, 7) is 0. The fourth-order valence-electron chi connectivity index (χ4n) is 3.98. The van der Waals surface area contributed by atoms with Crippen molar-refractivity contribution in [1.82, 2.24) is 14.9 Å². The van der Waals surface area contributed by atoms with Gasteiger partial charge in [-0.2, -0.15) is 4.39 Å². The Morgan fingerprint density at radius 2 is 2.05 bits per heavy atom. The van der Waals surface area contributed by atoms with Gasteiger partial charge < -0.3 is 0 Å². The van der Waals surface area contributed by atoms with Crippen LogP contribution in [0.4, 0.5) is 4.39 Å². The lowest BCUT2D eigenvalue weighted by molar-refractivity contribution is 0.307. The fraction of sp³-hybridized carbons (Fsp3) is 0.412. The molecule has 4 heterocycles. The van der Waals surface area contributed by atoms with E-state index in [0.717, 1.165) is 17.2 Å². The second kappa shape index (κ2) is 4.88. The van der Waals surface area contributed by atoms with E-state index in [2.05, 4.69) is 28.0 Å². The third-order valence-electron chi connectivity index (χ3n) is 5.13. The second-order valence-corrected chi connectivity index (χ2v) is 6.18. The summed E-state index contributed by atoms with van der Waals surface area (Å²) in [5.41, 5.74) is 3.24.